The number of urea groups is 1. The number of aromatic nitrogens is 1. The number of carbonyl (C=O) groups excluding carboxylic acids is 1. The summed E-state index contributed by atoms with van der Waals surface area (Å²) in [6.45, 7) is 4.18. The molecule has 2 amide bonds. The Hall–Kier alpha value is -4.06. The van der Waals surface area contributed by atoms with Gasteiger partial charge < -0.3 is 29.8 Å². The van der Waals surface area contributed by atoms with Crippen molar-refractivity contribution in [2.45, 2.75) is 32.0 Å². The minimum absolute atomic E-state index is 0.0936. The summed E-state index contributed by atoms with van der Waals surface area (Å²) in [6.07, 6.45) is -2.64. The molecule has 0 saturated carbocycles. The Labute approximate surface area is 214 Å². The van der Waals surface area contributed by atoms with Gasteiger partial charge in [-0.15, -0.1) is 0 Å². The molecule has 0 bridgehead atoms. The van der Waals surface area contributed by atoms with Crippen LogP contribution in [-0.4, -0.2) is 36.4 Å². The molecule has 2 aromatic carbocycles. The van der Waals surface area contributed by atoms with Gasteiger partial charge in [-0.2, -0.15) is 13.2 Å². The maximum absolute atomic E-state index is 14.8. The predicted octanol–water partition coefficient (Wildman–Crippen LogP) is 5.80. The van der Waals surface area contributed by atoms with E-state index in [1.165, 1.54) is 30.5 Å². The Balaban J connectivity index is 1.47. The summed E-state index contributed by atoms with van der Waals surface area (Å²) in [4.78, 5) is 26.8. The zero-order valence-electron chi connectivity index (χ0n) is 20.5. The van der Waals surface area contributed by atoms with Crippen molar-refractivity contribution >= 4 is 17.4 Å². The molecule has 0 spiro atoms. The Bertz CT molecular complexity index is 1390. The highest BCUT2D eigenvalue weighted by molar-refractivity contribution is 6.00. The summed E-state index contributed by atoms with van der Waals surface area (Å²) in [5.74, 6) is -1.09. The van der Waals surface area contributed by atoms with Crippen LogP contribution in [0.3, 0.4) is 0 Å². The molecule has 1 aliphatic heterocycles. The van der Waals surface area contributed by atoms with Crippen LogP contribution in [0.25, 0.3) is 11.1 Å². The molecule has 3 N–H and O–H groups in total. The number of hydrogen-bond acceptors (Lipinski definition) is 5. The third kappa shape index (κ3) is 6.25. The molecule has 38 heavy (non-hydrogen) atoms. The SMILES string of the molecule is CCCOc1cc(-c2ccc(NC(=O)Nc3ccc(OC4(C)COC4)c(C(F)(F)F)c3)c(F)c2)c[nH]c1=O. The number of ether oxygens (including phenoxy) is 3. The fraction of sp³-hybridized carbons (Fsp3) is 0.308. The van der Waals surface area contributed by atoms with Crippen LogP contribution in [0.1, 0.15) is 25.8 Å². The van der Waals surface area contributed by atoms with Gasteiger partial charge in [-0.1, -0.05) is 13.0 Å². The minimum Gasteiger partial charge on any atom is -0.488 e. The molecule has 1 aliphatic rings. The highest BCUT2D eigenvalue weighted by atomic mass is 19.4. The van der Waals surface area contributed by atoms with Gasteiger partial charge in [-0.25, -0.2) is 9.18 Å². The average molecular weight is 535 g/mol. The Kier molecular flexibility index (Phi) is 7.63. The normalized spacial score (nSPS) is 14.4. The molecule has 0 aliphatic carbocycles. The van der Waals surface area contributed by atoms with Crippen LogP contribution in [0.15, 0.2) is 53.5 Å². The topological polar surface area (TPSA) is 102 Å². The number of pyridine rings is 1. The van der Waals surface area contributed by atoms with Crippen LogP contribution in [0.5, 0.6) is 11.5 Å². The highest BCUT2D eigenvalue weighted by Crippen LogP contribution is 2.40. The number of hydrogen-bond donors (Lipinski definition) is 3. The third-order valence-electron chi connectivity index (χ3n) is 5.60. The summed E-state index contributed by atoms with van der Waals surface area (Å²) >= 11 is 0. The van der Waals surface area contributed by atoms with E-state index in [1.54, 1.807) is 6.92 Å². The lowest BCUT2D eigenvalue weighted by Crippen LogP contribution is -2.51. The largest absolute Gasteiger partial charge is 0.488 e. The van der Waals surface area contributed by atoms with Crippen LogP contribution in [0.4, 0.5) is 33.7 Å². The lowest BCUT2D eigenvalue weighted by molar-refractivity contribution is -0.160. The minimum atomic E-state index is -4.74. The van der Waals surface area contributed by atoms with Gasteiger partial charge in [-0.3, -0.25) is 4.79 Å². The molecule has 2 heterocycles. The van der Waals surface area contributed by atoms with E-state index in [2.05, 4.69) is 15.6 Å². The van der Waals surface area contributed by atoms with Gasteiger partial charge >= 0.3 is 12.2 Å². The van der Waals surface area contributed by atoms with Crippen LogP contribution >= 0.6 is 0 Å². The van der Waals surface area contributed by atoms with E-state index >= 15 is 0 Å². The smallest absolute Gasteiger partial charge is 0.420 e. The predicted molar refractivity (Wildman–Crippen MR) is 132 cm³/mol. The summed E-state index contributed by atoms with van der Waals surface area (Å²) in [6, 6.07) is 7.58. The number of rotatable bonds is 8. The molecule has 12 heteroatoms. The van der Waals surface area contributed by atoms with Crippen molar-refractivity contribution in [3.63, 3.8) is 0 Å². The molecule has 0 atom stereocenters. The number of alkyl halides is 3. The van der Waals surface area contributed by atoms with Crippen molar-refractivity contribution in [1.29, 1.82) is 0 Å². The van der Waals surface area contributed by atoms with E-state index in [9.17, 15) is 27.2 Å². The van der Waals surface area contributed by atoms with Gasteiger partial charge in [0, 0.05) is 17.4 Å². The number of benzene rings is 2. The number of aromatic amines is 1. The molecule has 1 fully saturated rings. The fourth-order valence-electron chi connectivity index (χ4n) is 3.66. The Morgan fingerprint density at radius 1 is 1.08 bits per heavy atom. The third-order valence-corrected chi connectivity index (χ3v) is 5.60. The van der Waals surface area contributed by atoms with Crippen molar-refractivity contribution in [3.8, 4) is 22.6 Å². The Morgan fingerprint density at radius 2 is 1.84 bits per heavy atom. The number of carbonyl (C=O) groups is 1. The molecule has 202 valence electrons. The van der Waals surface area contributed by atoms with Gasteiger partial charge in [0.05, 0.1) is 31.1 Å². The van der Waals surface area contributed by atoms with E-state index < -0.39 is 34.7 Å². The van der Waals surface area contributed by atoms with Gasteiger partial charge in [0.1, 0.15) is 11.6 Å². The second-order valence-electron chi connectivity index (χ2n) is 8.96. The number of anilines is 2. The first-order chi connectivity index (χ1) is 18.0. The van der Waals surface area contributed by atoms with E-state index in [0.717, 1.165) is 18.2 Å². The van der Waals surface area contributed by atoms with Gasteiger partial charge in [-0.05, 0) is 55.3 Å². The van der Waals surface area contributed by atoms with E-state index in [1.807, 2.05) is 6.92 Å². The summed E-state index contributed by atoms with van der Waals surface area (Å²) in [5.41, 5.74) is -1.83. The van der Waals surface area contributed by atoms with Crippen molar-refractivity contribution in [3.05, 3.63) is 70.4 Å². The van der Waals surface area contributed by atoms with E-state index in [4.69, 9.17) is 14.2 Å². The summed E-state index contributed by atoms with van der Waals surface area (Å²) < 4.78 is 71.6. The fourth-order valence-corrected chi connectivity index (χ4v) is 3.66. The van der Waals surface area contributed by atoms with E-state index in [-0.39, 0.29) is 36.1 Å². The molecule has 0 unspecified atom stereocenters. The summed E-state index contributed by atoms with van der Waals surface area (Å²) in [7, 11) is 0. The second kappa shape index (κ2) is 10.7. The monoisotopic (exact) mass is 535 g/mol. The molecule has 1 saturated heterocycles. The second-order valence-corrected chi connectivity index (χ2v) is 8.96. The quantitative estimate of drug-likeness (QED) is 0.317. The Morgan fingerprint density at radius 3 is 2.47 bits per heavy atom. The zero-order valence-corrected chi connectivity index (χ0v) is 20.5. The highest BCUT2D eigenvalue weighted by Gasteiger charge is 2.40. The molecule has 1 aromatic heterocycles. The van der Waals surface area contributed by atoms with Crippen molar-refractivity contribution in [2.75, 3.05) is 30.5 Å². The van der Waals surface area contributed by atoms with Crippen LogP contribution < -0.4 is 25.7 Å². The lowest BCUT2D eigenvalue weighted by Gasteiger charge is -2.38. The first-order valence-electron chi connectivity index (χ1n) is 11.7. The number of halogens is 4. The number of nitrogens with one attached hydrogen (secondary N) is 3. The number of H-pyrrole nitrogens is 1. The van der Waals surface area contributed by atoms with Crippen molar-refractivity contribution in [2.24, 2.45) is 0 Å². The van der Waals surface area contributed by atoms with E-state index in [0.29, 0.717) is 24.2 Å². The molecule has 3 aromatic rings. The first kappa shape index (κ1) is 27.0. The van der Waals surface area contributed by atoms with Gasteiger partial charge in [0.15, 0.2) is 11.4 Å². The maximum atomic E-state index is 14.8. The van der Waals surface area contributed by atoms with Crippen LogP contribution in [-0.2, 0) is 10.9 Å². The van der Waals surface area contributed by atoms with Gasteiger partial charge in [0.2, 0.25) is 0 Å². The van der Waals surface area contributed by atoms with Gasteiger partial charge in [0.25, 0.3) is 5.56 Å². The van der Waals surface area contributed by atoms with Crippen molar-refractivity contribution in [1.82, 2.24) is 4.98 Å². The molecular formula is C26H25F4N3O5. The zero-order chi connectivity index (χ0) is 27.5. The molecule has 4 rings (SSSR count). The molecule has 0 radical (unpaired) electrons. The molecule has 8 nitrogen and oxygen atoms in total. The summed E-state index contributed by atoms with van der Waals surface area (Å²) in [5, 5.41) is 4.55. The van der Waals surface area contributed by atoms with Crippen LogP contribution in [0.2, 0.25) is 0 Å². The molecular weight excluding hydrogens is 510 g/mol. The van der Waals surface area contributed by atoms with Crippen molar-refractivity contribution < 1.29 is 36.6 Å². The lowest BCUT2D eigenvalue weighted by atomic mass is 10.0. The maximum Gasteiger partial charge on any atom is 0.420 e. The number of amides is 2. The standard InChI is InChI=1S/C26H25F4N3O5/c1-3-8-37-22-10-16(12-31-23(22)34)15-4-6-20(19(27)9-15)33-24(35)32-17-5-7-21(18(11-17)26(28,29)30)38-25(2)13-36-14-25/h4-7,9-12H,3,8,13-14H2,1-2H3,(H,31,34)(H2,32,33,35). The average Bonchev–Trinajstić information content (AvgIpc) is 2.84. The van der Waals surface area contributed by atoms with Crippen LogP contribution in [0, 0.1) is 5.82 Å². The first-order valence-corrected chi connectivity index (χ1v) is 11.7.